The molecule has 1 N–H and O–H groups in total. The van der Waals surface area contributed by atoms with Crippen LogP contribution in [0.15, 0.2) is 24.5 Å². The van der Waals surface area contributed by atoms with E-state index in [0.29, 0.717) is 12.8 Å². The van der Waals surface area contributed by atoms with E-state index in [4.69, 9.17) is 5.11 Å². The third kappa shape index (κ3) is 4.58. The summed E-state index contributed by atoms with van der Waals surface area (Å²) < 4.78 is 0. The molecular formula is C15H23N3O2. The van der Waals surface area contributed by atoms with Gasteiger partial charge in [0.05, 0.1) is 0 Å². The van der Waals surface area contributed by atoms with Crippen LogP contribution in [0.25, 0.3) is 0 Å². The number of nitrogens with zero attached hydrogens (tertiary/aromatic N) is 3. The van der Waals surface area contributed by atoms with Gasteiger partial charge in [0.2, 0.25) is 5.91 Å². The Morgan fingerprint density at radius 1 is 1.25 bits per heavy atom. The highest BCUT2D eigenvalue weighted by Gasteiger charge is 2.20. The summed E-state index contributed by atoms with van der Waals surface area (Å²) in [7, 11) is 0. The van der Waals surface area contributed by atoms with Gasteiger partial charge in [-0.3, -0.25) is 14.7 Å². The molecule has 0 unspecified atom stereocenters. The maximum atomic E-state index is 12.0. The first-order chi connectivity index (χ1) is 9.79. The summed E-state index contributed by atoms with van der Waals surface area (Å²) in [6.45, 7) is 4.52. The largest absolute Gasteiger partial charge is 0.396 e. The normalized spacial score (nSPS) is 16.4. The van der Waals surface area contributed by atoms with Crippen LogP contribution in [0.1, 0.15) is 24.8 Å². The number of aliphatic hydroxyl groups excluding tert-OH is 1. The molecule has 5 heteroatoms. The predicted molar refractivity (Wildman–Crippen MR) is 77.0 cm³/mol. The van der Waals surface area contributed by atoms with Gasteiger partial charge < -0.3 is 10.0 Å². The lowest BCUT2D eigenvalue weighted by molar-refractivity contribution is -0.133. The molecule has 2 heterocycles. The molecule has 2 rings (SSSR count). The lowest BCUT2D eigenvalue weighted by Gasteiger charge is -2.34. The van der Waals surface area contributed by atoms with Crippen LogP contribution >= 0.6 is 0 Å². The third-order valence-electron chi connectivity index (χ3n) is 3.65. The van der Waals surface area contributed by atoms with Crippen LogP contribution in [0, 0.1) is 0 Å². The fourth-order valence-electron chi connectivity index (χ4n) is 2.45. The van der Waals surface area contributed by atoms with E-state index in [-0.39, 0.29) is 12.5 Å². The molecule has 1 amide bonds. The summed E-state index contributed by atoms with van der Waals surface area (Å²) in [6.07, 6.45) is 5.74. The van der Waals surface area contributed by atoms with Crippen LogP contribution in [-0.4, -0.2) is 58.6 Å². The number of amides is 1. The van der Waals surface area contributed by atoms with Crippen LogP contribution in [0.2, 0.25) is 0 Å². The molecule has 1 saturated heterocycles. The minimum Gasteiger partial charge on any atom is -0.396 e. The zero-order valence-electron chi connectivity index (χ0n) is 11.9. The highest BCUT2D eigenvalue weighted by molar-refractivity contribution is 5.76. The average Bonchev–Trinajstić information content (AvgIpc) is 2.49. The Morgan fingerprint density at radius 2 is 2.05 bits per heavy atom. The van der Waals surface area contributed by atoms with Gasteiger partial charge in [0.1, 0.15) is 0 Å². The van der Waals surface area contributed by atoms with Crippen molar-refractivity contribution < 1.29 is 9.90 Å². The van der Waals surface area contributed by atoms with E-state index >= 15 is 0 Å². The Morgan fingerprint density at radius 3 is 2.70 bits per heavy atom. The predicted octanol–water partition coefficient (Wildman–Crippen LogP) is 0.888. The summed E-state index contributed by atoms with van der Waals surface area (Å²) in [4.78, 5) is 20.4. The van der Waals surface area contributed by atoms with Crippen molar-refractivity contribution in [3.63, 3.8) is 0 Å². The zero-order chi connectivity index (χ0) is 14.2. The smallest absolute Gasteiger partial charge is 0.222 e. The Bertz CT molecular complexity index is 403. The molecule has 0 aliphatic carbocycles. The number of carbonyl (C=O) groups excluding carboxylic acids is 1. The van der Waals surface area contributed by atoms with Crippen molar-refractivity contribution in [1.29, 1.82) is 0 Å². The van der Waals surface area contributed by atoms with E-state index < -0.39 is 0 Å². The standard InChI is InChI=1S/C15H23N3O2/c19-11-2-1-5-15(20)18-9-7-17(8-10-18)13-14-4-3-6-16-12-14/h3-4,6,12,19H,1-2,5,7-11,13H2. The molecule has 1 aliphatic heterocycles. The first kappa shape index (κ1) is 14.9. The van der Waals surface area contributed by atoms with E-state index in [2.05, 4.69) is 16.0 Å². The van der Waals surface area contributed by atoms with Crippen LogP contribution in [0.3, 0.4) is 0 Å². The molecule has 1 fully saturated rings. The number of unbranched alkanes of at least 4 members (excludes halogenated alkanes) is 1. The summed E-state index contributed by atoms with van der Waals surface area (Å²) in [5.74, 6) is 0.222. The number of hydrogen-bond acceptors (Lipinski definition) is 4. The number of rotatable bonds is 6. The minimum atomic E-state index is 0.173. The lowest BCUT2D eigenvalue weighted by Crippen LogP contribution is -2.48. The molecule has 1 aliphatic rings. The molecular weight excluding hydrogens is 254 g/mol. The fourth-order valence-corrected chi connectivity index (χ4v) is 2.45. The van der Waals surface area contributed by atoms with E-state index in [1.54, 1.807) is 6.20 Å². The molecule has 0 spiro atoms. The van der Waals surface area contributed by atoms with Crippen molar-refractivity contribution in [2.45, 2.75) is 25.8 Å². The van der Waals surface area contributed by atoms with Crippen LogP contribution < -0.4 is 0 Å². The highest BCUT2D eigenvalue weighted by Crippen LogP contribution is 2.09. The van der Waals surface area contributed by atoms with Crippen LogP contribution in [0.4, 0.5) is 0 Å². The Labute approximate surface area is 120 Å². The number of hydrogen-bond donors (Lipinski definition) is 1. The number of carbonyl (C=O) groups is 1. The van der Waals surface area contributed by atoms with Gasteiger partial charge >= 0.3 is 0 Å². The topological polar surface area (TPSA) is 56.7 Å². The Kier molecular flexibility index (Phi) is 5.95. The van der Waals surface area contributed by atoms with Crippen molar-refractivity contribution >= 4 is 5.91 Å². The second-order valence-corrected chi connectivity index (χ2v) is 5.20. The van der Waals surface area contributed by atoms with Crippen LogP contribution in [0.5, 0.6) is 0 Å². The van der Waals surface area contributed by atoms with Crippen molar-refractivity contribution in [2.75, 3.05) is 32.8 Å². The molecule has 5 nitrogen and oxygen atoms in total. The number of piperazine rings is 1. The lowest BCUT2D eigenvalue weighted by atomic mass is 10.2. The fraction of sp³-hybridized carbons (Fsp3) is 0.600. The maximum Gasteiger partial charge on any atom is 0.222 e. The second-order valence-electron chi connectivity index (χ2n) is 5.20. The molecule has 1 aromatic rings. The molecule has 0 saturated carbocycles. The maximum absolute atomic E-state index is 12.0. The molecule has 0 aromatic carbocycles. The summed E-state index contributed by atoms with van der Waals surface area (Å²) in [5, 5.41) is 8.73. The monoisotopic (exact) mass is 277 g/mol. The quantitative estimate of drug-likeness (QED) is 0.785. The molecule has 20 heavy (non-hydrogen) atoms. The van der Waals surface area contributed by atoms with Gasteiger partial charge in [0.25, 0.3) is 0 Å². The summed E-state index contributed by atoms with van der Waals surface area (Å²) in [6, 6.07) is 4.04. The van der Waals surface area contributed by atoms with E-state index in [1.165, 1.54) is 5.56 Å². The number of aliphatic hydroxyl groups is 1. The highest BCUT2D eigenvalue weighted by atomic mass is 16.3. The van der Waals surface area contributed by atoms with Gasteiger partial charge in [-0.25, -0.2) is 0 Å². The Balaban J connectivity index is 1.71. The molecule has 0 radical (unpaired) electrons. The van der Waals surface area contributed by atoms with Gasteiger partial charge in [-0.1, -0.05) is 6.07 Å². The summed E-state index contributed by atoms with van der Waals surface area (Å²) >= 11 is 0. The van der Waals surface area contributed by atoms with Gasteiger partial charge in [-0.2, -0.15) is 0 Å². The van der Waals surface area contributed by atoms with Crippen LogP contribution in [-0.2, 0) is 11.3 Å². The van der Waals surface area contributed by atoms with Gasteiger partial charge in [0, 0.05) is 58.1 Å². The van der Waals surface area contributed by atoms with Gasteiger partial charge in [-0.15, -0.1) is 0 Å². The molecule has 0 bridgehead atoms. The van der Waals surface area contributed by atoms with E-state index in [9.17, 15) is 4.79 Å². The van der Waals surface area contributed by atoms with Crippen molar-refractivity contribution in [2.24, 2.45) is 0 Å². The Hall–Kier alpha value is -1.46. The van der Waals surface area contributed by atoms with Crippen molar-refractivity contribution in [1.82, 2.24) is 14.8 Å². The first-order valence-corrected chi connectivity index (χ1v) is 7.29. The SMILES string of the molecule is O=C(CCCCO)N1CCN(Cc2cccnc2)CC1. The summed E-state index contributed by atoms with van der Waals surface area (Å²) in [5.41, 5.74) is 1.22. The van der Waals surface area contributed by atoms with Gasteiger partial charge in [0.15, 0.2) is 0 Å². The van der Waals surface area contributed by atoms with Crippen molar-refractivity contribution in [3.05, 3.63) is 30.1 Å². The van der Waals surface area contributed by atoms with Crippen molar-refractivity contribution in [3.8, 4) is 0 Å². The van der Waals surface area contributed by atoms with E-state index in [1.807, 2.05) is 17.2 Å². The molecule has 0 atom stereocenters. The van der Waals surface area contributed by atoms with Gasteiger partial charge in [-0.05, 0) is 24.5 Å². The van der Waals surface area contributed by atoms with E-state index in [0.717, 1.165) is 39.1 Å². The number of pyridine rings is 1. The molecule has 110 valence electrons. The average molecular weight is 277 g/mol. The number of aromatic nitrogens is 1. The second kappa shape index (κ2) is 7.97. The first-order valence-electron chi connectivity index (χ1n) is 7.29. The molecule has 1 aromatic heterocycles. The zero-order valence-corrected chi connectivity index (χ0v) is 11.9. The third-order valence-corrected chi connectivity index (χ3v) is 3.65. The minimum absolute atomic E-state index is 0.173.